The van der Waals surface area contributed by atoms with Crippen molar-refractivity contribution in [3.8, 4) is 0 Å². The van der Waals surface area contributed by atoms with Crippen LogP contribution in [0.5, 0.6) is 0 Å². The minimum Gasteiger partial charge on any atom is -0.478 e. The first-order valence-corrected chi connectivity index (χ1v) is 8.08. The summed E-state index contributed by atoms with van der Waals surface area (Å²) in [5, 5.41) is 9.08. The first-order valence-electron chi connectivity index (χ1n) is 8.08. The second-order valence-electron chi connectivity index (χ2n) is 6.18. The minimum atomic E-state index is -1.11. The molecule has 0 spiro atoms. The molecule has 8 nitrogen and oxygen atoms in total. The molecule has 1 atom stereocenters. The van der Waals surface area contributed by atoms with E-state index in [9.17, 15) is 19.2 Å². The zero-order valence-corrected chi connectivity index (χ0v) is 13.8. The van der Waals surface area contributed by atoms with Crippen molar-refractivity contribution in [2.24, 2.45) is 0 Å². The average Bonchev–Trinajstić information content (AvgIpc) is 2.89. The zero-order chi connectivity index (χ0) is 18.1. The van der Waals surface area contributed by atoms with E-state index in [1.807, 2.05) is 4.90 Å². The average molecular weight is 345 g/mol. The highest BCUT2D eigenvalue weighted by atomic mass is 16.4. The van der Waals surface area contributed by atoms with E-state index in [-0.39, 0.29) is 35.4 Å². The van der Waals surface area contributed by atoms with Crippen LogP contribution in [0.1, 0.15) is 23.7 Å². The summed E-state index contributed by atoms with van der Waals surface area (Å²) in [6.07, 6.45) is 0.0657. The summed E-state index contributed by atoms with van der Waals surface area (Å²) in [5.74, 6) is -1.80. The van der Waals surface area contributed by atoms with Gasteiger partial charge in [-0.1, -0.05) is 6.07 Å². The quantitative estimate of drug-likeness (QED) is 0.785. The highest BCUT2D eigenvalue weighted by molar-refractivity contribution is 6.22. The molecule has 2 heterocycles. The lowest BCUT2D eigenvalue weighted by Gasteiger charge is -2.36. The second-order valence-corrected chi connectivity index (χ2v) is 6.18. The van der Waals surface area contributed by atoms with Gasteiger partial charge in [0.1, 0.15) is 0 Å². The topological polar surface area (TPSA) is 98.2 Å². The van der Waals surface area contributed by atoms with Crippen LogP contribution in [0.3, 0.4) is 0 Å². The molecule has 1 unspecified atom stereocenters. The van der Waals surface area contributed by atoms with Gasteiger partial charge in [-0.25, -0.2) is 9.69 Å². The van der Waals surface area contributed by atoms with Gasteiger partial charge >= 0.3 is 5.97 Å². The number of hydrogen-bond donors (Lipinski definition) is 1. The number of carboxylic acids is 1. The first-order chi connectivity index (χ1) is 11.9. The summed E-state index contributed by atoms with van der Waals surface area (Å²) >= 11 is 0. The maximum Gasteiger partial charge on any atom is 0.335 e. The highest BCUT2D eigenvalue weighted by Crippen LogP contribution is 2.27. The number of carbonyl (C=O) groups is 4. The third kappa shape index (κ3) is 3.25. The maximum atomic E-state index is 12.7. The molecule has 1 aromatic rings. The Kier molecular flexibility index (Phi) is 4.54. The Morgan fingerprint density at radius 1 is 1.12 bits per heavy atom. The fourth-order valence-corrected chi connectivity index (χ4v) is 3.30. The standard InChI is InChI=1S/C17H19N3O5/c1-11(21)18-5-7-19(8-6-18)14-10-15(22)20(16(14)23)13-4-2-3-12(9-13)17(24)25/h2-4,9,14H,5-8,10H2,1H3,(H,24,25). The van der Waals surface area contributed by atoms with Crippen molar-refractivity contribution >= 4 is 29.4 Å². The Hall–Kier alpha value is -2.74. The fourth-order valence-electron chi connectivity index (χ4n) is 3.30. The Bertz CT molecular complexity index is 740. The summed E-state index contributed by atoms with van der Waals surface area (Å²) in [6, 6.07) is 5.25. The summed E-state index contributed by atoms with van der Waals surface area (Å²) in [4.78, 5) is 52.3. The SMILES string of the molecule is CC(=O)N1CCN(C2CC(=O)N(c3cccc(C(=O)O)c3)C2=O)CC1. The Labute approximate surface area is 144 Å². The molecule has 3 rings (SSSR count). The Balaban J connectivity index is 1.76. The number of carboxylic acid groups (broad SMARTS) is 1. The monoisotopic (exact) mass is 345 g/mol. The van der Waals surface area contributed by atoms with Crippen LogP contribution < -0.4 is 4.90 Å². The van der Waals surface area contributed by atoms with Crippen molar-refractivity contribution in [1.82, 2.24) is 9.80 Å². The number of amides is 3. The fraction of sp³-hybridized carbons (Fsp3) is 0.412. The lowest BCUT2D eigenvalue weighted by Crippen LogP contribution is -2.53. The Morgan fingerprint density at radius 3 is 2.40 bits per heavy atom. The van der Waals surface area contributed by atoms with Crippen LogP contribution in [-0.4, -0.2) is 70.8 Å². The van der Waals surface area contributed by atoms with Gasteiger partial charge in [0.25, 0.3) is 5.91 Å². The van der Waals surface area contributed by atoms with Gasteiger partial charge in [0, 0.05) is 33.1 Å². The number of aromatic carboxylic acids is 1. The van der Waals surface area contributed by atoms with Crippen molar-refractivity contribution < 1.29 is 24.3 Å². The van der Waals surface area contributed by atoms with Gasteiger partial charge in [-0.3, -0.25) is 19.3 Å². The number of piperazine rings is 1. The van der Waals surface area contributed by atoms with Crippen molar-refractivity contribution in [3.63, 3.8) is 0 Å². The normalized spacial score (nSPS) is 21.7. The van der Waals surface area contributed by atoms with E-state index in [0.717, 1.165) is 4.90 Å². The number of rotatable bonds is 3. The molecule has 0 bridgehead atoms. The molecular weight excluding hydrogens is 326 g/mol. The van der Waals surface area contributed by atoms with Gasteiger partial charge in [-0.05, 0) is 18.2 Å². The van der Waals surface area contributed by atoms with Gasteiger partial charge < -0.3 is 10.0 Å². The summed E-state index contributed by atoms with van der Waals surface area (Å²) < 4.78 is 0. The molecule has 1 N–H and O–H groups in total. The van der Waals surface area contributed by atoms with E-state index in [2.05, 4.69) is 0 Å². The van der Waals surface area contributed by atoms with Crippen LogP contribution in [0, 0.1) is 0 Å². The maximum absolute atomic E-state index is 12.7. The molecular formula is C17H19N3O5. The Morgan fingerprint density at radius 2 is 1.80 bits per heavy atom. The molecule has 8 heteroatoms. The molecule has 25 heavy (non-hydrogen) atoms. The van der Waals surface area contributed by atoms with Gasteiger partial charge in [0.05, 0.1) is 23.7 Å². The number of imide groups is 1. The molecule has 2 fully saturated rings. The zero-order valence-electron chi connectivity index (χ0n) is 13.8. The molecule has 2 saturated heterocycles. The lowest BCUT2D eigenvalue weighted by molar-refractivity contribution is -0.131. The lowest BCUT2D eigenvalue weighted by atomic mass is 10.1. The number of hydrogen-bond acceptors (Lipinski definition) is 5. The van der Waals surface area contributed by atoms with E-state index >= 15 is 0 Å². The van der Waals surface area contributed by atoms with Crippen molar-refractivity contribution in [3.05, 3.63) is 29.8 Å². The van der Waals surface area contributed by atoms with Gasteiger partial charge in [-0.15, -0.1) is 0 Å². The predicted octanol–water partition coefficient (Wildman–Crippen LogP) is 0.181. The summed E-state index contributed by atoms with van der Waals surface area (Å²) in [6.45, 7) is 3.64. The van der Waals surface area contributed by atoms with E-state index in [1.54, 1.807) is 11.0 Å². The molecule has 0 aliphatic carbocycles. The predicted molar refractivity (Wildman–Crippen MR) is 88.1 cm³/mol. The van der Waals surface area contributed by atoms with E-state index < -0.39 is 12.0 Å². The first kappa shape index (κ1) is 17.1. The van der Waals surface area contributed by atoms with E-state index in [4.69, 9.17) is 5.11 Å². The molecule has 3 amide bonds. The largest absolute Gasteiger partial charge is 0.478 e. The van der Waals surface area contributed by atoms with Crippen LogP contribution in [0.2, 0.25) is 0 Å². The van der Waals surface area contributed by atoms with Crippen molar-refractivity contribution in [1.29, 1.82) is 0 Å². The van der Waals surface area contributed by atoms with Crippen LogP contribution in [0.25, 0.3) is 0 Å². The number of anilines is 1. The van der Waals surface area contributed by atoms with Crippen LogP contribution in [-0.2, 0) is 14.4 Å². The van der Waals surface area contributed by atoms with Crippen LogP contribution in [0.15, 0.2) is 24.3 Å². The van der Waals surface area contributed by atoms with Crippen molar-refractivity contribution in [2.45, 2.75) is 19.4 Å². The molecule has 1 aromatic carbocycles. The molecule has 132 valence electrons. The van der Waals surface area contributed by atoms with E-state index in [1.165, 1.54) is 25.1 Å². The molecule has 2 aliphatic heterocycles. The summed E-state index contributed by atoms with van der Waals surface area (Å²) in [5.41, 5.74) is 0.302. The molecule has 0 saturated carbocycles. The molecule has 2 aliphatic rings. The number of carbonyl (C=O) groups excluding carboxylic acids is 3. The third-order valence-electron chi connectivity index (χ3n) is 4.67. The van der Waals surface area contributed by atoms with Crippen LogP contribution in [0.4, 0.5) is 5.69 Å². The van der Waals surface area contributed by atoms with Gasteiger partial charge in [0.2, 0.25) is 11.8 Å². The minimum absolute atomic E-state index is 0.000544. The number of nitrogens with zero attached hydrogens (tertiary/aromatic N) is 3. The third-order valence-corrected chi connectivity index (χ3v) is 4.67. The summed E-state index contributed by atoms with van der Waals surface area (Å²) in [7, 11) is 0. The van der Waals surface area contributed by atoms with Crippen LogP contribution >= 0.6 is 0 Å². The number of benzene rings is 1. The van der Waals surface area contributed by atoms with E-state index in [0.29, 0.717) is 26.2 Å². The second kappa shape index (κ2) is 6.64. The smallest absolute Gasteiger partial charge is 0.335 e. The highest BCUT2D eigenvalue weighted by Gasteiger charge is 2.43. The molecule has 0 radical (unpaired) electrons. The van der Waals surface area contributed by atoms with Gasteiger partial charge in [-0.2, -0.15) is 0 Å². The van der Waals surface area contributed by atoms with Crippen molar-refractivity contribution in [2.75, 3.05) is 31.1 Å². The molecule has 0 aromatic heterocycles. The van der Waals surface area contributed by atoms with Gasteiger partial charge in [0.15, 0.2) is 0 Å².